The van der Waals surface area contributed by atoms with Crippen molar-refractivity contribution in [2.24, 2.45) is 4.99 Å². The minimum Gasteiger partial charge on any atom is -0.508 e. The number of aromatic hydroxyl groups is 1. The number of phenols is 1. The van der Waals surface area contributed by atoms with Crippen LogP contribution in [0.1, 0.15) is 30.5 Å². The fourth-order valence-corrected chi connectivity index (χ4v) is 4.30. The number of nitrogens with zero attached hydrogens (tertiary/aromatic N) is 3. The molecule has 2 heterocycles. The normalized spacial score (nSPS) is 14.2. The lowest BCUT2D eigenvalue weighted by Gasteiger charge is -2.17. The van der Waals surface area contributed by atoms with Gasteiger partial charge in [0, 0.05) is 16.3 Å². The van der Waals surface area contributed by atoms with Crippen LogP contribution in [0.3, 0.4) is 0 Å². The van der Waals surface area contributed by atoms with Crippen LogP contribution in [0.2, 0.25) is 0 Å². The molecule has 2 aliphatic rings. The molecule has 4 heteroatoms. The lowest BCUT2D eigenvalue weighted by molar-refractivity contribution is -0.419. The lowest BCUT2D eigenvalue weighted by atomic mass is 9.91. The van der Waals surface area contributed by atoms with Gasteiger partial charge in [-0.05, 0) is 61.8 Å². The van der Waals surface area contributed by atoms with E-state index in [9.17, 15) is 5.11 Å². The van der Waals surface area contributed by atoms with Crippen molar-refractivity contribution in [1.29, 1.82) is 0 Å². The number of fused-ring (bicyclic) bond motifs is 4. The number of phenolic OH excluding ortho intramolecular Hbond substituents is 1. The molecule has 0 unspecified atom stereocenters. The lowest BCUT2D eigenvalue weighted by Crippen LogP contribution is -2.34. The van der Waals surface area contributed by atoms with E-state index in [0.717, 1.165) is 49.2 Å². The number of hydrogen-bond acceptors (Lipinski definition) is 3. The van der Waals surface area contributed by atoms with Crippen molar-refractivity contribution in [1.82, 2.24) is 4.90 Å². The first kappa shape index (κ1) is 17.9. The van der Waals surface area contributed by atoms with E-state index in [-0.39, 0.29) is 0 Å². The standard InChI is InChI=1S/C23H27N3O/c1-5-25(6-2)11-12-26-10-9-18-16(4)23-22(15(3)20(18)14-26)19-13-17(27)7-8-21(19)24-23/h7-8,10,13-14H,5-6,9,11-12H2,1-4H3/p+1. The third-order valence-corrected chi connectivity index (χ3v) is 6.02. The minimum atomic E-state index is 0.296. The van der Waals surface area contributed by atoms with Gasteiger partial charge in [0.1, 0.15) is 12.0 Å². The van der Waals surface area contributed by atoms with Crippen molar-refractivity contribution < 1.29 is 9.68 Å². The second-order valence-electron chi connectivity index (χ2n) is 7.46. The Bertz CT molecular complexity index is 1060. The van der Waals surface area contributed by atoms with Crippen LogP contribution >= 0.6 is 0 Å². The number of hydrogen-bond donors (Lipinski definition) is 1. The maximum absolute atomic E-state index is 9.96. The zero-order valence-corrected chi connectivity index (χ0v) is 16.7. The van der Waals surface area contributed by atoms with Crippen LogP contribution in [0, 0.1) is 13.8 Å². The fourth-order valence-electron chi connectivity index (χ4n) is 4.30. The summed E-state index contributed by atoms with van der Waals surface area (Å²) in [4.78, 5) is 7.32. The van der Waals surface area contributed by atoms with Gasteiger partial charge in [0.2, 0.25) is 0 Å². The summed E-state index contributed by atoms with van der Waals surface area (Å²) in [5.41, 5.74) is 7.09. The van der Waals surface area contributed by atoms with Gasteiger partial charge in [0.05, 0.1) is 24.0 Å². The monoisotopic (exact) mass is 362 g/mol. The number of benzene rings is 2. The van der Waals surface area contributed by atoms with Gasteiger partial charge in [0.25, 0.3) is 0 Å². The van der Waals surface area contributed by atoms with E-state index in [0.29, 0.717) is 5.75 Å². The van der Waals surface area contributed by atoms with E-state index in [1.54, 1.807) is 6.07 Å². The average Bonchev–Trinajstić information content (AvgIpc) is 3.06. The van der Waals surface area contributed by atoms with Crippen molar-refractivity contribution in [3.05, 3.63) is 45.5 Å². The molecule has 4 rings (SSSR count). The number of rotatable bonds is 5. The van der Waals surface area contributed by atoms with Crippen molar-refractivity contribution in [2.45, 2.75) is 34.1 Å². The molecule has 0 bridgehead atoms. The summed E-state index contributed by atoms with van der Waals surface area (Å²) >= 11 is 0. The predicted octanol–water partition coefficient (Wildman–Crippen LogP) is 2.66. The Morgan fingerprint density at radius 3 is 2.67 bits per heavy atom. The van der Waals surface area contributed by atoms with E-state index in [1.807, 2.05) is 12.1 Å². The highest BCUT2D eigenvalue weighted by Crippen LogP contribution is 2.36. The Morgan fingerprint density at radius 1 is 1.15 bits per heavy atom. The van der Waals surface area contributed by atoms with Crippen LogP contribution < -0.4 is 10.6 Å². The van der Waals surface area contributed by atoms with Gasteiger partial charge in [-0.3, -0.25) is 4.90 Å². The molecule has 1 N–H and O–H groups in total. The molecule has 0 radical (unpaired) electrons. The van der Waals surface area contributed by atoms with Gasteiger partial charge < -0.3 is 5.11 Å². The minimum absolute atomic E-state index is 0.296. The zero-order valence-electron chi connectivity index (χ0n) is 16.7. The predicted molar refractivity (Wildman–Crippen MR) is 111 cm³/mol. The number of likely N-dealkylation sites (N-methyl/N-ethyl adjacent to an activating group) is 1. The molecule has 0 amide bonds. The largest absolute Gasteiger partial charge is 0.508 e. The molecule has 0 aromatic heterocycles. The van der Waals surface area contributed by atoms with E-state index in [4.69, 9.17) is 4.99 Å². The summed E-state index contributed by atoms with van der Waals surface area (Å²) in [7, 11) is 0. The molecule has 0 fully saturated rings. The van der Waals surface area contributed by atoms with Gasteiger partial charge in [-0.1, -0.05) is 13.8 Å². The quantitative estimate of drug-likeness (QED) is 0.709. The topological polar surface area (TPSA) is 38.8 Å². The van der Waals surface area contributed by atoms with E-state index >= 15 is 0 Å². The van der Waals surface area contributed by atoms with Crippen LogP contribution in [0.25, 0.3) is 17.3 Å². The molecule has 2 aromatic carbocycles. The maximum atomic E-state index is 9.96. The van der Waals surface area contributed by atoms with E-state index < -0.39 is 0 Å². The molecule has 0 saturated heterocycles. The summed E-state index contributed by atoms with van der Waals surface area (Å²) in [6.45, 7) is 13.1. The van der Waals surface area contributed by atoms with Gasteiger partial charge in [-0.15, -0.1) is 0 Å². The van der Waals surface area contributed by atoms with Crippen LogP contribution in [-0.2, 0) is 6.42 Å². The molecule has 4 nitrogen and oxygen atoms in total. The maximum Gasteiger partial charge on any atom is 0.176 e. The highest BCUT2D eigenvalue weighted by atomic mass is 16.3. The van der Waals surface area contributed by atoms with E-state index in [1.165, 1.54) is 27.5 Å². The second kappa shape index (κ2) is 6.93. The van der Waals surface area contributed by atoms with Gasteiger partial charge in [-0.2, -0.15) is 0 Å². The second-order valence-corrected chi connectivity index (χ2v) is 7.46. The first-order chi connectivity index (χ1) is 13.0. The van der Waals surface area contributed by atoms with Crippen molar-refractivity contribution in [2.75, 3.05) is 26.2 Å². The Labute approximate surface area is 160 Å². The highest BCUT2D eigenvalue weighted by molar-refractivity contribution is 5.84. The van der Waals surface area contributed by atoms with Crippen LogP contribution in [0.5, 0.6) is 5.75 Å². The molecule has 0 aliphatic carbocycles. The first-order valence-corrected chi connectivity index (χ1v) is 9.90. The molecular weight excluding hydrogens is 334 g/mol. The van der Waals surface area contributed by atoms with Gasteiger partial charge in [0.15, 0.2) is 12.7 Å². The third-order valence-electron chi connectivity index (χ3n) is 6.02. The van der Waals surface area contributed by atoms with E-state index in [2.05, 4.69) is 49.6 Å². The van der Waals surface area contributed by atoms with Crippen LogP contribution in [0.15, 0.2) is 23.2 Å². The Kier molecular flexibility index (Phi) is 4.60. The molecule has 140 valence electrons. The molecule has 0 atom stereocenters. The third kappa shape index (κ3) is 2.98. The highest BCUT2D eigenvalue weighted by Gasteiger charge is 2.24. The van der Waals surface area contributed by atoms with Crippen molar-refractivity contribution in [3.8, 4) is 16.9 Å². The smallest absolute Gasteiger partial charge is 0.176 e. The molecule has 0 saturated carbocycles. The Hall–Kier alpha value is -2.46. The Balaban J connectivity index is 1.80. The molecule has 0 spiro atoms. The SMILES string of the molecule is CCN(CC)CC[N+]1=CCc2c(C)c3c(c(C)c2=C1)-c1cc(O)ccc1N=3. The summed E-state index contributed by atoms with van der Waals surface area (Å²) in [6.07, 6.45) is 5.55. The summed E-state index contributed by atoms with van der Waals surface area (Å²) in [5.74, 6) is 0.296. The summed E-state index contributed by atoms with van der Waals surface area (Å²) < 4.78 is 2.34. The fraction of sp³-hybridized carbons (Fsp3) is 0.391. The molecule has 2 aliphatic heterocycles. The van der Waals surface area contributed by atoms with Gasteiger partial charge >= 0.3 is 0 Å². The van der Waals surface area contributed by atoms with Crippen molar-refractivity contribution in [3.63, 3.8) is 0 Å². The summed E-state index contributed by atoms with van der Waals surface area (Å²) in [5, 5.41) is 12.4. The zero-order chi connectivity index (χ0) is 19.1. The Morgan fingerprint density at radius 2 is 1.93 bits per heavy atom. The first-order valence-electron chi connectivity index (χ1n) is 9.90. The van der Waals surface area contributed by atoms with Crippen LogP contribution in [-0.4, -0.2) is 47.0 Å². The van der Waals surface area contributed by atoms with Crippen LogP contribution in [0.4, 0.5) is 5.69 Å². The van der Waals surface area contributed by atoms with Gasteiger partial charge in [-0.25, -0.2) is 9.57 Å². The summed E-state index contributed by atoms with van der Waals surface area (Å²) in [6, 6.07) is 5.47. The van der Waals surface area contributed by atoms with Crippen molar-refractivity contribution >= 4 is 18.1 Å². The average molecular weight is 362 g/mol. The molecule has 2 aromatic rings. The molecule has 27 heavy (non-hydrogen) atoms. The molecular formula is C23H28N3O+.